The zero-order chi connectivity index (χ0) is 15.8. The molecule has 1 aromatic heterocycles. The van der Waals surface area contributed by atoms with Gasteiger partial charge >= 0.3 is 0 Å². The number of hydrogen-bond donors (Lipinski definition) is 2. The zero-order valence-corrected chi connectivity index (χ0v) is 13.1. The lowest BCUT2D eigenvalue weighted by molar-refractivity contribution is 0.0848. The molecule has 5 nitrogen and oxygen atoms in total. The van der Waals surface area contributed by atoms with Gasteiger partial charge in [-0.25, -0.2) is 0 Å². The van der Waals surface area contributed by atoms with Crippen molar-refractivity contribution in [3.8, 4) is 5.75 Å². The molecule has 1 aromatic carbocycles. The summed E-state index contributed by atoms with van der Waals surface area (Å²) < 4.78 is 5.56. The molecular weight excluding hydrogens is 300 g/mol. The third-order valence-electron chi connectivity index (χ3n) is 2.90. The monoisotopic (exact) mass is 318 g/mol. The second kappa shape index (κ2) is 8.19. The summed E-state index contributed by atoms with van der Waals surface area (Å²) in [4.78, 5) is 24.3. The Kier molecular flexibility index (Phi) is 5.97. The number of benzene rings is 1. The smallest absolute Gasteiger partial charge is 0.279 e. The van der Waals surface area contributed by atoms with E-state index in [-0.39, 0.29) is 11.8 Å². The van der Waals surface area contributed by atoms with E-state index in [2.05, 4.69) is 17.8 Å². The van der Waals surface area contributed by atoms with Crippen molar-refractivity contribution < 1.29 is 14.3 Å². The van der Waals surface area contributed by atoms with Crippen LogP contribution in [0.2, 0.25) is 0 Å². The topological polar surface area (TPSA) is 67.4 Å². The fourth-order valence-corrected chi connectivity index (χ4v) is 2.34. The highest BCUT2D eigenvalue weighted by molar-refractivity contribution is 7.12. The van der Waals surface area contributed by atoms with Gasteiger partial charge in [0.25, 0.3) is 11.8 Å². The van der Waals surface area contributed by atoms with Crippen molar-refractivity contribution in [3.63, 3.8) is 0 Å². The summed E-state index contributed by atoms with van der Waals surface area (Å²) >= 11 is 1.31. The van der Waals surface area contributed by atoms with Crippen molar-refractivity contribution >= 4 is 23.2 Å². The molecule has 2 rings (SSSR count). The molecule has 0 atom stereocenters. The summed E-state index contributed by atoms with van der Waals surface area (Å²) in [5, 5.41) is 1.80. The van der Waals surface area contributed by atoms with E-state index in [1.807, 2.05) is 0 Å². The summed E-state index contributed by atoms with van der Waals surface area (Å²) in [5.41, 5.74) is 5.21. The molecule has 22 heavy (non-hydrogen) atoms. The molecule has 0 aliphatic carbocycles. The molecule has 116 valence electrons. The minimum atomic E-state index is -0.383. The van der Waals surface area contributed by atoms with Crippen LogP contribution in [-0.2, 0) is 0 Å². The summed E-state index contributed by atoms with van der Waals surface area (Å²) in [6, 6.07) is 10.3. The lowest BCUT2D eigenvalue weighted by Gasteiger charge is -2.09. The van der Waals surface area contributed by atoms with Gasteiger partial charge in [-0.05, 0) is 36.1 Å². The van der Waals surface area contributed by atoms with Gasteiger partial charge < -0.3 is 4.74 Å². The molecule has 0 radical (unpaired) electrons. The van der Waals surface area contributed by atoms with E-state index in [4.69, 9.17) is 4.74 Å². The molecule has 2 aromatic rings. The van der Waals surface area contributed by atoms with Gasteiger partial charge in [0.2, 0.25) is 0 Å². The van der Waals surface area contributed by atoms with Gasteiger partial charge in [0.05, 0.1) is 11.5 Å². The van der Waals surface area contributed by atoms with E-state index in [0.29, 0.717) is 22.8 Å². The predicted octanol–water partition coefficient (Wildman–Crippen LogP) is 3.00. The molecule has 0 unspecified atom stereocenters. The van der Waals surface area contributed by atoms with Crippen LogP contribution in [0, 0.1) is 0 Å². The van der Waals surface area contributed by atoms with Gasteiger partial charge in [0.15, 0.2) is 0 Å². The number of thiophene rings is 1. The molecule has 2 N–H and O–H groups in total. The van der Waals surface area contributed by atoms with E-state index < -0.39 is 0 Å². The summed E-state index contributed by atoms with van der Waals surface area (Å²) in [7, 11) is 0. The van der Waals surface area contributed by atoms with Crippen molar-refractivity contribution in [1.82, 2.24) is 10.9 Å². The molecule has 0 saturated carbocycles. The fraction of sp³-hybridized carbons (Fsp3) is 0.250. The van der Waals surface area contributed by atoms with E-state index in [0.717, 1.165) is 12.8 Å². The summed E-state index contributed by atoms with van der Waals surface area (Å²) in [5.74, 6) is -0.0739. The average Bonchev–Trinajstić information content (AvgIpc) is 3.07. The Morgan fingerprint density at radius 3 is 2.68 bits per heavy atom. The number of nitrogens with one attached hydrogen (secondary N) is 2. The largest absolute Gasteiger partial charge is 0.494 e. The molecule has 6 heteroatoms. The minimum Gasteiger partial charge on any atom is -0.494 e. The van der Waals surface area contributed by atoms with Crippen molar-refractivity contribution in [2.45, 2.75) is 19.8 Å². The lowest BCUT2D eigenvalue weighted by atomic mass is 10.2. The lowest BCUT2D eigenvalue weighted by Crippen LogP contribution is -2.41. The van der Waals surface area contributed by atoms with Crippen LogP contribution in [0.4, 0.5) is 0 Å². The number of rotatable bonds is 6. The normalized spacial score (nSPS) is 10.0. The number of unbranched alkanes of at least 4 members (excludes halogenated alkanes) is 1. The highest BCUT2D eigenvalue weighted by Gasteiger charge is 2.10. The summed E-state index contributed by atoms with van der Waals surface area (Å²) in [6.45, 7) is 2.71. The molecule has 0 aliphatic heterocycles. The molecule has 0 aliphatic rings. The molecule has 0 spiro atoms. The maximum Gasteiger partial charge on any atom is 0.279 e. The third kappa shape index (κ3) is 4.60. The SMILES string of the molecule is CCCCOc1cccc(C(=O)NNC(=O)c2cccs2)c1. The van der Waals surface area contributed by atoms with Crippen LogP contribution in [0.15, 0.2) is 41.8 Å². The highest BCUT2D eigenvalue weighted by Crippen LogP contribution is 2.14. The van der Waals surface area contributed by atoms with Crippen LogP contribution >= 0.6 is 11.3 Å². The van der Waals surface area contributed by atoms with Gasteiger partial charge in [-0.1, -0.05) is 25.5 Å². The molecule has 2 amide bonds. The van der Waals surface area contributed by atoms with Crippen molar-refractivity contribution in [3.05, 3.63) is 52.2 Å². The van der Waals surface area contributed by atoms with Crippen LogP contribution in [0.5, 0.6) is 5.75 Å². The Morgan fingerprint density at radius 2 is 1.95 bits per heavy atom. The van der Waals surface area contributed by atoms with E-state index in [1.165, 1.54) is 11.3 Å². The molecule has 0 bridgehead atoms. The maximum atomic E-state index is 12.0. The first-order valence-corrected chi connectivity index (χ1v) is 7.95. The average molecular weight is 318 g/mol. The number of carbonyl (C=O) groups excluding carboxylic acids is 2. The first-order chi connectivity index (χ1) is 10.7. The van der Waals surface area contributed by atoms with Crippen LogP contribution in [0.25, 0.3) is 0 Å². The molecule has 0 fully saturated rings. The Hall–Kier alpha value is -2.34. The van der Waals surface area contributed by atoms with Gasteiger partial charge in [-0.2, -0.15) is 0 Å². The van der Waals surface area contributed by atoms with Crippen LogP contribution in [-0.4, -0.2) is 18.4 Å². The third-order valence-corrected chi connectivity index (χ3v) is 3.77. The molecule has 1 heterocycles. The second-order valence-electron chi connectivity index (χ2n) is 4.62. The van der Waals surface area contributed by atoms with E-state index >= 15 is 0 Å². The first-order valence-electron chi connectivity index (χ1n) is 7.07. The van der Waals surface area contributed by atoms with Gasteiger partial charge in [0, 0.05) is 5.56 Å². The fourth-order valence-electron chi connectivity index (χ4n) is 1.72. The van der Waals surface area contributed by atoms with E-state index in [1.54, 1.807) is 41.8 Å². The highest BCUT2D eigenvalue weighted by atomic mass is 32.1. The Morgan fingerprint density at radius 1 is 1.14 bits per heavy atom. The second-order valence-corrected chi connectivity index (χ2v) is 5.56. The minimum absolute atomic E-state index is 0.335. The molecular formula is C16H18N2O3S. The molecule has 0 saturated heterocycles. The number of carbonyl (C=O) groups is 2. The van der Waals surface area contributed by atoms with Gasteiger partial charge in [0.1, 0.15) is 5.75 Å². The first kappa shape index (κ1) is 16.0. The Balaban J connectivity index is 1.89. The quantitative estimate of drug-likeness (QED) is 0.635. The van der Waals surface area contributed by atoms with Crippen molar-refractivity contribution in [1.29, 1.82) is 0 Å². The Labute approximate surface area is 133 Å². The van der Waals surface area contributed by atoms with Gasteiger partial charge in [-0.3, -0.25) is 20.4 Å². The van der Waals surface area contributed by atoms with Gasteiger partial charge in [-0.15, -0.1) is 11.3 Å². The van der Waals surface area contributed by atoms with E-state index in [9.17, 15) is 9.59 Å². The number of amides is 2. The van der Waals surface area contributed by atoms with Crippen LogP contribution in [0.1, 0.15) is 39.8 Å². The predicted molar refractivity (Wildman–Crippen MR) is 86.1 cm³/mol. The zero-order valence-electron chi connectivity index (χ0n) is 12.3. The summed E-state index contributed by atoms with van der Waals surface area (Å²) in [6.07, 6.45) is 2.02. The number of hydrazine groups is 1. The van der Waals surface area contributed by atoms with Crippen LogP contribution < -0.4 is 15.6 Å². The van der Waals surface area contributed by atoms with Crippen molar-refractivity contribution in [2.24, 2.45) is 0 Å². The number of ether oxygens (including phenoxy) is 1. The van der Waals surface area contributed by atoms with Crippen LogP contribution in [0.3, 0.4) is 0 Å². The van der Waals surface area contributed by atoms with Crippen molar-refractivity contribution in [2.75, 3.05) is 6.61 Å². The Bertz CT molecular complexity index is 626. The standard InChI is InChI=1S/C16H18N2O3S/c1-2-3-9-21-13-7-4-6-12(11-13)15(19)17-18-16(20)14-8-5-10-22-14/h4-8,10-11H,2-3,9H2,1H3,(H,17,19)(H,18,20). The number of hydrogen-bond acceptors (Lipinski definition) is 4. The maximum absolute atomic E-state index is 12.0.